The fourth-order valence-electron chi connectivity index (χ4n) is 1.37. The highest BCUT2D eigenvalue weighted by atomic mass is 35.6. The largest absolute Gasteiger partial charge is 0.445 e. The highest BCUT2D eigenvalue weighted by Gasteiger charge is 2.48. The average molecular weight is 325 g/mol. The molecule has 1 aliphatic rings. The molecule has 0 bridgehead atoms. The Morgan fingerprint density at radius 3 is 2.33 bits per heavy atom. The predicted octanol–water partition coefficient (Wildman–Crippen LogP) is -0.850. The van der Waals surface area contributed by atoms with E-state index >= 15 is 0 Å². The number of aliphatic hydroxyl groups excluding tert-OH is 4. The van der Waals surface area contributed by atoms with Crippen molar-refractivity contribution in [2.24, 2.45) is 0 Å². The van der Waals surface area contributed by atoms with Crippen LogP contribution in [0.2, 0.25) is 0 Å². The van der Waals surface area contributed by atoms with Crippen LogP contribution in [0.4, 0.5) is 0 Å². The van der Waals surface area contributed by atoms with Gasteiger partial charge in [-0.2, -0.15) is 0 Å². The summed E-state index contributed by atoms with van der Waals surface area (Å²) in [5, 5.41) is 44.4. The van der Waals surface area contributed by atoms with Crippen LogP contribution in [0, 0.1) is 5.41 Å². The molecule has 5 atom stereocenters. The van der Waals surface area contributed by atoms with Gasteiger partial charge in [-0.3, -0.25) is 5.41 Å². The van der Waals surface area contributed by atoms with Crippen molar-refractivity contribution in [2.75, 3.05) is 6.61 Å². The SMILES string of the molecule is N=C(OC1O[C@@H]([C@H](O)CO)[C@H](O)[C@H]1O)C(Cl)(Cl)Cl. The zero-order chi connectivity index (χ0) is 14.1. The second-order valence-electron chi connectivity index (χ2n) is 3.64. The van der Waals surface area contributed by atoms with E-state index < -0.39 is 47.0 Å². The second-order valence-corrected chi connectivity index (χ2v) is 5.93. The van der Waals surface area contributed by atoms with Crippen molar-refractivity contribution in [3.63, 3.8) is 0 Å². The van der Waals surface area contributed by atoms with E-state index in [4.69, 9.17) is 54.8 Å². The zero-order valence-corrected chi connectivity index (χ0v) is 11.1. The molecule has 0 aromatic carbocycles. The summed E-state index contributed by atoms with van der Waals surface area (Å²) in [7, 11) is 0. The van der Waals surface area contributed by atoms with Crippen LogP contribution in [0.1, 0.15) is 0 Å². The fourth-order valence-corrected chi connectivity index (χ4v) is 1.51. The molecule has 1 heterocycles. The first kappa shape index (κ1) is 16.2. The molecule has 0 amide bonds. The van der Waals surface area contributed by atoms with Crippen LogP contribution < -0.4 is 0 Å². The van der Waals surface area contributed by atoms with E-state index in [0.29, 0.717) is 0 Å². The van der Waals surface area contributed by atoms with Gasteiger partial charge in [0.15, 0.2) is 0 Å². The molecule has 0 aromatic heterocycles. The Hall–Kier alpha value is 0.140. The quantitative estimate of drug-likeness (QED) is 0.262. The Kier molecular flexibility index (Phi) is 5.45. The fraction of sp³-hybridized carbons (Fsp3) is 0.875. The molecule has 0 aliphatic carbocycles. The van der Waals surface area contributed by atoms with E-state index in [1.54, 1.807) is 0 Å². The van der Waals surface area contributed by atoms with Crippen molar-refractivity contribution in [3.05, 3.63) is 0 Å². The minimum Gasteiger partial charge on any atom is -0.445 e. The minimum absolute atomic E-state index is 0.678. The molecule has 0 radical (unpaired) electrons. The van der Waals surface area contributed by atoms with Gasteiger partial charge in [0, 0.05) is 0 Å². The zero-order valence-electron chi connectivity index (χ0n) is 8.83. The predicted molar refractivity (Wildman–Crippen MR) is 62.9 cm³/mol. The number of hydrogen-bond acceptors (Lipinski definition) is 7. The van der Waals surface area contributed by atoms with Crippen molar-refractivity contribution in [1.82, 2.24) is 0 Å². The molecule has 7 nitrogen and oxygen atoms in total. The normalized spacial score (nSPS) is 34.4. The second kappa shape index (κ2) is 6.06. The van der Waals surface area contributed by atoms with Crippen LogP contribution in [0.25, 0.3) is 0 Å². The topological polar surface area (TPSA) is 123 Å². The molecule has 10 heteroatoms. The summed E-state index contributed by atoms with van der Waals surface area (Å²) in [5.74, 6) is -0.803. The summed E-state index contributed by atoms with van der Waals surface area (Å²) < 4.78 is 7.56. The number of rotatable bonds is 3. The summed E-state index contributed by atoms with van der Waals surface area (Å²) in [6.45, 7) is -0.678. The number of ether oxygens (including phenoxy) is 2. The first-order chi connectivity index (χ1) is 8.18. The van der Waals surface area contributed by atoms with Crippen LogP contribution in [0.3, 0.4) is 0 Å². The van der Waals surface area contributed by atoms with E-state index in [0.717, 1.165) is 0 Å². The minimum atomic E-state index is -2.14. The Balaban J connectivity index is 2.67. The smallest absolute Gasteiger partial charge is 0.265 e. The van der Waals surface area contributed by atoms with Gasteiger partial charge >= 0.3 is 0 Å². The molecule has 1 aliphatic heterocycles. The van der Waals surface area contributed by atoms with Crippen molar-refractivity contribution in [2.45, 2.75) is 34.5 Å². The lowest BCUT2D eigenvalue weighted by molar-refractivity contribution is -0.143. The molecule has 1 saturated heterocycles. The highest BCUT2D eigenvalue weighted by molar-refractivity contribution is 6.76. The molecule has 1 rings (SSSR count). The highest BCUT2D eigenvalue weighted by Crippen LogP contribution is 2.31. The Labute approximate surface area is 117 Å². The van der Waals surface area contributed by atoms with Crippen LogP contribution in [0.15, 0.2) is 0 Å². The van der Waals surface area contributed by atoms with E-state index in [2.05, 4.69) is 0 Å². The van der Waals surface area contributed by atoms with Crippen molar-refractivity contribution < 1.29 is 29.9 Å². The first-order valence-electron chi connectivity index (χ1n) is 4.81. The standard InChI is InChI=1S/C8H12Cl3NO6/c9-8(10,11)7(12)18-6-4(16)3(15)5(17-6)2(14)1-13/h2-6,12-16H,1H2/t2-,3-,4-,5+,6?/m1/s1. The lowest BCUT2D eigenvalue weighted by atomic mass is 10.1. The summed E-state index contributed by atoms with van der Waals surface area (Å²) in [5.41, 5.74) is 0. The molecule has 0 saturated carbocycles. The first-order valence-corrected chi connectivity index (χ1v) is 5.94. The third-order valence-corrected chi connectivity index (χ3v) is 2.83. The number of alkyl halides is 3. The van der Waals surface area contributed by atoms with Gasteiger partial charge in [0.25, 0.3) is 3.79 Å². The number of aliphatic hydroxyl groups is 4. The monoisotopic (exact) mass is 323 g/mol. The van der Waals surface area contributed by atoms with Crippen molar-refractivity contribution in [3.8, 4) is 0 Å². The Morgan fingerprint density at radius 2 is 1.89 bits per heavy atom. The van der Waals surface area contributed by atoms with Gasteiger partial charge in [0.1, 0.15) is 24.4 Å². The van der Waals surface area contributed by atoms with Crippen LogP contribution in [0.5, 0.6) is 0 Å². The maximum Gasteiger partial charge on any atom is 0.265 e. The van der Waals surface area contributed by atoms with Crippen LogP contribution in [-0.2, 0) is 9.47 Å². The average Bonchev–Trinajstić information content (AvgIpc) is 2.55. The van der Waals surface area contributed by atoms with Crippen molar-refractivity contribution in [1.29, 1.82) is 5.41 Å². The molecule has 1 fully saturated rings. The van der Waals surface area contributed by atoms with Crippen molar-refractivity contribution >= 4 is 40.7 Å². The number of halogens is 3. The van der Waals surface area contributed by atoms with Gasteiger partial charge in [-0.25, -0.2) is 0 Å². The summed E-state index contributed by atoms with van der Waals surface area (Å²) in [6.07, 6.45) is -7.21. The molecule has 5 N–H and O–H groups in total. The number of nitrogens with one attached hydrogen (secondary N) is 1. The van der Waals surface area contributed by atoms with Gasteiger partial charge < -0.3 is 29.9 Å². The third-order valence-electron chi connectivity index (χ3n) is 2.31. The van der Waals surface area contributed by atoms with Gasteiger partial charge in [-0.15, -0.1) is 0 Å². The van der Waals surface area contributed by atoms with Crippen LogP contribution >= 0.6 is 34.8 Å². The third kappa shape index (κ3) is 3.58. The molecule has 106 valence electrons. The van der Waals surface area contributed by atoms with Gasteiger partial charge in [-0.05, 0) is 0 Å². The molecule has 1 unspecified atom stereocenters. The van der Waals surface area contributed by atoms with E-state index in [9.17, 15) is 15.3 Å². The molecule has 0 spiro atoms. The maximum absolute atomic E-state index is 9.57. The van der Waals surface area contributed by atoms with Gasteiger partial charge in [0.2, 0.25) is 12.2 Å². The Bertz CT molecular complexity index is 312. The van der Waals surface area contributed by atoms with E-state index in [1.165, 1.54) is 0 Å². The lowest BCUT2D eigenvalue weighted by Crippen LogP contribution is -2.40. The number of hydrogen-bond donors (Lipinski definition) is 5. The molecular formula is C8H12Cl3NO6. The lowest BCUT2D eigenvalue weighted by Gasteiger charge is -2.20. The Morgan fingerprint density at radius 1 is 1.33 bits per heavy atom. The molecule has 0 aromatic rings. The summed E-state index contributed by atoms with van der Waals surface area (Å²) in [6, 6.07) is 0. The van der Waals surface area contributed by atoms with Gasteiger partial charge in [-0.1, -0.05) is 34.8 Å². The van der Waals surface area contributed by atoms with Gasteiger partial charge in [0.05, 0.1) is 6.61 Å². The van der Waals surface area contributed by atoms with Crippen LogP contribution in [-0.4, -0.2) is 67.4 Å². The van der Waals surface area contributed by atoms with E-state index in [-0.39, 0.29) is 0 Å². The summed E-state index contributed by atoms with van der Waals surface area (Å²) >= 11 is 16.1. The van der Waals surface area contributed by atoms with E-state index in [1.807, 2.05) is 0 Å². The molecule has 18 heavy (non-hydrogen) atoms. The summed E-state index contributed by atoms with van der Waals surface area (Å²) in [4.78, 5) is 0. The maximum atomic E-state index is 9.57. The molecular weight excluding hydrogens is 312 g/mol.